The van der Waals surface area contributed by atoms with Crippen LogP contribution in [0.1, 0.15) is 17.8 Å². The lowest BCUT2D eigenvalue weighted by molar-refractivity contribution is 0.189. The van der Waals surface area contributed by atoms with Crippen molar-refractivity contribution < 1.29 is 4.74 Å². The maximum Gasteiger partial charge on any atom is 0.195 e. The zero-order valence-corrected chi connectivity index (χ0v) is 14.2. The molecule has 22 heavy (non-hydrogen) atoms. The second-order valence-electron chi connectivity index (χ2n) is 5.27. The van der Waals surface area contributed by atoms with Gasteiger partial charge >= 0.3 is 0 Å². The molecule has 1 fully saturated rings. The predicted octanol–water partition coefficient (Wildman–Crippen LogP) is 2.58. The van der Waals surface area contributed by atoms with E-state index in [1.54, 1.807) is 11.8 Å². The average Bonchev–Trinajstić information content (AvgIpc) is 3.14. The molecular weight excluding hydrogens is 320 g/mol. The largest absolute Gasteiger partial charge is 0.381 e. The fourth-order valence-electron chi connectivity index (χ4n) is 2.49. The molecule has 3 rings (SSSR count). The first-order valence-electron chi connectivity index (χ1n) is 7.20. The van der Waals surface area contributed by atoms with Crippen LogP contribution in [0.4, 0.5) is 0 Å². The molecule has 1 aromatic heterocycles. The summed E-state index contributed by atoms with van der Waals surface area (Å²) in [6.45, 7) is 4.21. The fourth-order valence-corrected chi connectivity index (χ4v) is 3.57. The minimum Gasteiger partial charge on any atom is -0.381 e. The number of thioether (sulfide) groups is 1. The Labute approximate surface area is 141 Å². The molecule has 7 heteroatoms. The first-order valence-corrected chi connectivity index (χ1v) is 8.19. The highest BCUT2D eigenvalue weighted by Crippen LogP contribution is 2.27. The van der Waals surface area contributed by atoms with Crippen LogP contribution in [0, 0.1) is 12.8 Å². The molecule has 5 nitrogen and oxygen atoms in total. The fraction of sp³-hybridized carbons (Fsp3) is 0.467. The third kappa shape index (κ3) is 3.63. The maximum atomic E-state index is 5.82. The monoisotopic (exact) mass is 340 g/mol. The van der Waals surface area contributed by atoms with Gasteiger partial charge in [-0.05, 0) is 30.9 Å². The number of rotatable bonds is 5. The Hall–Kier alpha value is -1.08. The third-order valence-electron chi connectivity index (χ3n) is 3.71. The van der Waals surface area contributed by atoms with Gasteiger partial charge in [-0.25, -0.2) is 0 Å². The summed E-state index contributed by atoms with van der Waals surface area (Å²) in [7, 11) is 0. The molecule has 2 aromatic rings. The number of ether oxygens (including phenoxy) is 1. The summed E-state index contributed by atoms with van der Waals surface area (Å²) in [5.74, 6) is 2.42. The molecule has 1 unspecified atom stereocenters. The van der Waals surface area contributed by atoms with Gasteiger partial charge in [0.05, 0.1) is 18.8 Å². The van der Waals surface area contributed by atoms with Gasteiger partial charge in [0.2, 0.25) is 0 Å². The van der Waals surface area contributed by atoms with Gasteiger partial charge in [0, 0.05) is 12.4 Å². The van der Waals surface area contributed by atoms with Crippen molar-refractivity contribution >= 4 is 24.2 Å². The number of hydrogen-bond acceptors (Lipinski definition) is 5. The normalized spacial score (nSPS) is 17.5. The lowest BCUT2D eigenvalue weighted by Crippen LogP contribution is -2.09. The number of nitrogens with zero attached hydrogens (tertiary/aromatic N) is 3. The van der Waals surface area contributed by atoms with Crippen LogP contribution in [0.5, 0.6) is 0 Å². The first kappa shape index (κ1) is 17.3. The number of nitrogens with two attached hydrogens (primary N) is 1. The molecule has 0 spiro atoms. The van der Waals surface area contributed by atoms with E-state index in [0.717, 1.165) is 42.1 Å². The second-order valence-corrected chi connectivity index (χ2v) is 6.25. The molecule has 2 N–H and O–H groups in total. The van der Waals surface area contributed by atoms with Crippen LogP contribution in [0.15, 0.2) is 29.4 Å². The maximum absolute atomic E-state index is 5.82. The topological polar surface area (TPSA) is 66.0 Å². The van der Waals surface area contributed by atoms with E-state index in [4.69, 9.17) is 10.5 Å². The zero-order chi connectivity index (χ0) is 14.7. The van der Waals surface area contributed by atoms with Gasteiger partial charge in [-0.3, -0.25) is 4.57 Å². The minimum atomic E-state index is 0. The quantitative estimate of drug-likeness (QED) is 0.847. The molecule has 0 radical (unpaired) electrons. The molecule has 0 bridgehead atoms. The van der Waals surface area contributed by atoms with Crippen molar-refractivity contribution in [1.29, 1.82) is 0 Å². The molecule has 1 saturated heterocycles. The zero-order valence-electron chi connectivity index (χ0n) is 12.6. The lowest BCUT2D eigenvalue weighted by Gasteiger charge is -2.12. The van der Waals surface area contributed by atoms with Crippen LogP contribution in [0.2, 0.25) is 0 Å². The highest BCUT2D eigenvalue weighted by molar-refractivity contribution is 7.99. The van der Waals surface area contributed by atoms with Crippen LogP contribution < -0.4 is 5.73 Å². The number of aromatic nitrogens is 3. The van der Waals surface area contributed by atoms with Crippen molar-refractivity contribution in [1.82, 2.24) is 14.8 Å². The van der Waals surface area contributed by atoms with Crippen molar-refractivity contribution in [2.75, 3.05) is 19.0 Å². The Kier molecular flexibility index (Phi) is 6.26. The molecule has 1 atom stereocenters. The summed E-state index contributed by atoms with van der Waals surface area (Å²) < 4.78 is 7.51. The van der Waals surface area contributed by atoms with Crippen LogP contribution in [0.3, 0.4) is 0 Å². The summed E-state index contributed by atoms with van der Waals surface area (Å²) in [5, 5.41) is 9.47. The number of para-hydroxylation sites is 1. The average molecular weight is 341 g/mol. The van der Waals surface area contributed by atoms with Gasteiger partial charge in [-0.15, -0.1) is 22.6 Å². The van der Waals surface area contributed by atoms with Gasteiger partial charge in [-0.1, -0.05) is 30.0 Å². The van der Waals surface area contributed by atoms with E-state index < -0.39 is 0 Å². The smallest absolute Gasteiger partial charge is 0.195 e. The van der Waals surface area contributed by atoms with E-state index in [1.165, 1.54) is 5.56 Å². The predicted molar refractivity (Wildman–Crippen MR) is 90.9 cm³/mol. The Bertz CT molecular complexity index is 613. The van der Waals surface area contributed by atoms with Gasteiger partial charge in [0.25, 0.3) is 0 Å². The van der Waals surface area contributed by atoms with Crippen LogP contribution in [-0.2, 0) is 11.3 Å². The minimum absolute atomic E-state index is 0. The molecule has 1 aliphatic heterocycles. The molecule has 120 valence electrons. The lowest BCUT2D eigenvalue weighted by atomic mass is 10.2. The highest BCUT2D eigenvalue weighted by atomic mass is 35.5. The summed E-state index contributed by atoms with van der Waals surface area (Å²) in [4.78, 5) is 0. The third-order valence-corrected chi connectivity index (χ3v) is 4.87. The Morgan fingerprint density at radius 2 is 2.18 bits per heavy atom. The van der Waals surface area contributed by atoms with Crippen LogP contribution in [0.25, 0.3) is 5.69 Å². The summed E-state index contributed by atoms with van der Waals surface area (Å²) in [6, 6.07) is 8.24. The van der Waals surface area contributed by atoms with E-state index in [9.17, 15) is 0 Å². The van der Waals surface area contributed by atoms with Gasteiger partial charge in [0.1, 0.15) is 0 Å². The molecular formula is C15H21ClN4OS. The number of benzene rings is 1. The molecule has 0 aliphatic carbocycles. The molecule has 0 saturated carbocycles. The summed E-state index contributed by atoms with van der Waals surface area (Å²) >= 11 is 1.74. The van der Waals surface area contributed by atoms with E-state index in [2.05, 4.69) is 33.8 Å². The summed E-state index contributed by atoms with van der Waals surface area (Å²) in [5.41, 5.74) is 8.11. The van der Waals surface area contributed by atoms with Crippen molar-refractivity contribution in [2.24, 2.45) is 11.7 Å². The number of halogens is 1. The number of hydrogen-bond donors (Lipinski definition) is 1. The van der Waals surface area contributed by atoms with Crippen LogP contribution in [-0.4, -0.2) is 33.7 Å². The molecule has 2 heterocycles. The second kappa shape index (κ2) is 7.97. The summed E-state index contributed by atoms with van der Waals surface area (Å²) in [6.07, 6.45) is 1.13. The van der Waals surface area contributed by atoms with E-state index >= 15 is 0 Å². The van der Waals surface area contributed by atoms with Crippen LogP contribution >= 0.6 is 24.2 Å². The van der Waals surface area contributed by atoms with Crippen molar-refractivity contribution in [2.45, 2.75) is 25.0 Å². The molecule has 0 amide bonds. The Balaban J connectivity index is 0.00000176. The van der Waals surface area contributed by atoms with Gasteiger partial charge in [0.15, 0.2) is 11.0 Å². The van der Waals surface area contributed by atoms with Gasteiger partial charge < -0.3 is 10.5 Å². The van der Waals surface area contributed by atoms with Gasteiger partial charge in [-0.2, -0.15) is 0 Å². The molecule has 1 aliphatic rings. The van der Waals surface area contributed by atoms with Crippen molar-refractivity contribution in [3.05, 3.63) is 35.7 Å². The highest BCUT2D eigenvalue weighted by Gasteiger charge is 2.19. The number of aryl methyl sites for hydroxylation is 1. The van der Waals surface area contributed by atoms with Crippen molar-refractivity contribution in [3.63, 3.8) is 0 Å². The molecule has 1 aromatic carbocycles. The van der Waals surface area contributed by atoms with E-state index in [-0.39, 0.29) is 12.4 Å². The Morgan fingerprint density at radius 3 is 2.86 bits per heavy atom. The first-order chi connectivity index (χ1) is 10.3. The standard InChI is InChI=1S/C15H20N4OS.ClH/c1-11-4-2-3-5-13(11)19-14(8-16)17-18-15(19)21-10-12-6-7-20-9-12;/h2-5,12H,6-10,16H2,1H3;1H. The Morgan fingerprint density at radius 1 is 1.36 bits per heavy atom. The van der Waals surface area contributed by atoms with Crippen molar-refractivity contribution in [3.8, 4) is 5.69 Å². The van der Waals surface area contributed by atoms with E-state index in [0.29, 0.717) is 12.5 Å². The van der Waals surface area contributed by atoms with E-state index in [1.807, 2.05) is 12.1 Å². The SMILES string of the molecule is Cc1ccccc1-n1c(CN)nnc1SCC1CCOC1.Cl.